The van der Waals surface area contributed by atoms with Crippen LogP contribution in [0, 0.1) is 5.82 Å². The maximum atomic E-state index is 13.1. The van der Waals surface area contributed by atoms with Crippen LogP contribution in [0.15, 0.2) is 41.6 Å². The van der Waals surface area contributed by atoms with Crippen LogP contribution < -0.4 is 5.56 Å². The van der Waals surface area contributed by atoms with E-state index < -0.39 is 11.8 Å². The first-order valence-electron chi connectivity index (χ1n) is 5.10. The fraction of sp³-hybridized carbons (Fsp3) is 0.0833. The number of carboxylic acid groups (broad SMARTS) is 1. The van der Waals surface area contributed by atoms with Crippen molar-refractivity contribution in [2.75, 3.05) is 0 Å². The summed E-state index contributed by atoms with van der Waals surface area (Å²) in [6.45, 7) is -0.0356. The number of hydrogen-bond donors (Lipinski definition) is 1. The molecule has 0 saturated carbocycles. The van der Waals surface area contributed by atoms with Gasteiger partial charge in [0.25, 0.3) is 5.56 Å². The Morgan fingerprint density at radius 3 is 2.83 bits per heavy atom. The van der Waals surface area contributed by atoms with E-state index in [0.29, 0.717) is 0 Å². The third-order valence-electron chi connectivity index (χ3n) is 2.43. The summed E-state index contributed by atoms with van der Waals surface area (Å²) < 4.78 is 14.3. The van der Waals surface area contributed by atoms with E-state index in [1.54, 1.807) is 0 Å². The van der Waals surface area contributed by atoms with Crippen molar-refractivity contribution in [3.63, 3.8) is 0 Å². The minimum Gasteiger partial charge on any atom is -0.478 e. The molecule has 0 fully saturated rings. The van der Waals surface area contributed by atoms with Crippen LogP contribution in [0.25, 0.3) is 0 Å². The molecule has 2 aromatic rings. The second kappa shape index (κ2) is 4.79. The molecule has 0 radical (unpaired) electrons. The fourth-order valence-corrected chi connectivity index (χ4v) is 1.58. The minimum atomic E-state index is -1.16. The zero-order valence-electron chi connectivity index (χ0n) is 9.21. The van der Waals surface area contributed by atoms with Crippen LogP contribution in [0.1, 0.15) is 15.9 Å². The lowest BCUT2D eigenvalue weighted by molar-refractivity contribution is 0.0695. The Labute approximate surface area is 101 Å². The Balaban J connectivity index is 2.46. The number of rotatable bonds is 3. The van der Waals surface area contributed by atoms with Crippen molar-refractivity contribution in [1.29, 1.82) is 0 Å². The third-order valence-corrected chi connectivity index (χ3v) is 2.43. The van der Waals surface area contributed by atoms with Crippen LogP contribution in [-0.4, -0.2) is 20.6 Å². The number of aromatic carboxylic acids is 1. The molecule has 2 rings (SSSR count). The summed E-state index contributed by atoms with van der Waals surface area (Å²) in [6.07, 6.45) is 2.61. The van der Waals surface area contributed by atoms with E-state index in [0.717, 1.165) is 12.1 Å². The molecule has 0 aliphatic heterocycles. The molecule has 5 nitrogen and oxygen atoms in total. The smallest absolute Gasteiger partial charge is 0.336 e. The van der Waals surface area contributed by atoms with Crippen LogP contribution in [0.4, 0.5) is 4.39 Å². The van der Waals surface area contributed by atoms with Gasteiger partial charge in [-0.1, -0.05) is 0 Å². The van der Waals surface area contributed by atoms with E-state index in [-0.39, 0.29) is 23.2 Å². The minimum absolute atomic E-state index is 0.0350. The quantitative estimate of drug-likeness (QED) is 0.883. The summed E-state index contributed by atoms with van der Waals surface area (Å²) in [5.41, 5.74) is -0.143. The largest absolute Gasteiger partial charge is 0.478 e. The van der Waals surface area contributed by atoms with Gasteiger partial charge in [-0.3, -0.25) is 9.36 Å². The van der Waals surface area contributed by atoms with Gasteiger partial charge in [-0.25, -0.2) is 14.2 Å². The topological polar surface area (TPSA) is 72.2 Å². The Bertz CT molecular complexity index is 652. The molecule has 0 spiro atoms. The summed E-state index contributed by atoms with van der Waals surface area (Å²) in [4.78, 5) is 26.2. The molecular formula is C12H9FN2O3. The molecule has 92 valence electrons. The first kappa shape index (κ1) is 12.0. The van der Waals surface area contributed by atoms with Crippen LogP contribution in [0.5, 0.6) is 0 Å². The van der Waals surface area contributed by atoms with Crippen molar-refractivity contribution in [2.45, 2.75) is 6.54 Å². The molecule has 1 N–H and O–H groups in total. The Hall–Kier alpha value is -2.50. The maximum Gasteiger partial charge on any atom is 0.336 e. The number of benzene rings is 1. The number of halogens is 1. The van der Waals surface area contributed by atoms with Crippen molar-refractivity contribution in [1.82, 2.24) is 9.55 Å². The highest BCUT2D eigenvalue weighted by Crippen LogP contribution is 2.12. The van der Waals surface area contributed by atoms with E-state index in [1.165, 1.54) is 29.2 Å². The number of nitrogens with zero attached hydrogens (tertiary/aromatic N) is 2. The average Bonchev–Trinajstić information content (AvgIpc) is 2.32. The monoisotopic (exact) mass is 248 g/mol. The number of hydrogen-bond acceptors (Lipinski definition) is 3. The van der Waals surface area contributed by atoms with Gasteiger partial charge in [-0.2, -0.15) is 0 Å². The van der Waals surface area contributed by atoms with Gasteiger partial charge >= 0.3 is 5.97 Å². The predicted octanol–water partition coefficient (Wildman–Crippen LogP) is 1.13. The van der Waals surface area contributed by atoms with Crippen molar-refractivity contribution in [3.8, 4) is 0 Å². The van der Waals surface area contributed by atoms with Gasteiger partial charge in [0.1, 0.15) is 5.82 Å². The molecule has 1 aromatic carbocycles. The number of aromatic nitrogens is 2. The molecule has 0 aliphatic carbocycles. The molecule has 0 unspecified atom stereocenters. The van der Waals surface area contributed by atoms with Gasteiger partial charge in [-0.15, -0.1) is 0 Å². The zero-order valence-corrected chi connectivity index (χ0v) is 9.21. The zero-order chi connectivity index (χ0) is 13.1. The summed E-state index contributed by atoms with van der Waals surface area (Å²) in [7, 11) is 0. The first-order chi connectivity index (χ1) is 8.58. The van der Waals surface area contributed by atoms with E-state index in [1.807, 2.05) is 0 Å². The molecule has 0 aliphatic rings. The van der Waals surface area contributed by atoms with Crippen LogP contribution in [0.2, 0.25) is 0 Å². The van der Waals surface area contributed by atoms with Crippen LogP contribution in [-0.2, 0) is 6.54 Å². The van der Waals surface area contributed by atoms with Crippen molar-refractivity contribution in [3.05, 3.63) is 64.1 Å². The second-order valence-electron chi connectivity index (χ2n) is 3.65. The highest BCUT2D eigenvalue weighted by atomic mass is 19.1. The van der Waals surface area contributed by atoms with Gasteiger partial charge in [0.2, 0.25) is 0 Å². The summed E-state index contributed by atoms with van der Waals surface area (Å²) in [5.74, 6) is -1.71. The van der Waals surface area contributed by atoms with Crippen LogP contribution in [0.3, 0.4) is 0 Å². The lowest BCUT2D eigenvalue weighted by atomic mass is 10.1. The predicted molar refractivity (Wildman–Crippen MR) is 61.0 cm³/mol. The van der Waals surface area contributed by atoms with E-state index in [9.17, 15) is 14.0 Å². The van der Waals surface area contributed by atoms with Crippen LogP contribution >= 0.6 is 0 Å². The van der Waals surface area contributed by atoms with E-state index in [2.05, 4.69) is 4.98 Å². The Morgan fingerprint density at radius 2 is 2.17 bits per heavy atom. The molecule has 6 heteroatoms. The summed E-state index contributed by atoms with van der Waals surface area (Å²) in [5, 5.41) is 8.98. The van der Waals surface area contributed by atoms with Gasteiger partial charge < -0.3 is 5.11 Å². The Morgan fingerprint density at radius 1 is 1.39 bits per heavy atom. The average molecular weight is 248 g/mol. The summed E-state index contributed by atoms with van der Waals surface area (Å²) >= 11 is 0. The standard InChI is InChI=1S/C12H9FN2O3/c13-9-1-2-10(12(17)18)8(5-9)6-15-7-14-4-3-11(15)16/h1-5,7H,6H2,(H,17,18). The second-order valence-corrected chi connectivity index (χ2v) is 3.65. The SMILES string of the molecule is O=C(O)c1ccc(F)cc1Cn1cnccc1=O. The highest BCUT2D eigenvalue weighted by molar-refractivity contribution is 5.89. The van der Waals surface area contributed by atoms with E-state index in [4.69, 9.17) is 5.11 Å². The van der Waals surface area contributed by atoms with Gasteiger partial charge in [0, 0.05) is 12.3 Å². The molecule has 1 aromatic heterocycles. The highest BCUT2D eigenvalue weighted by Gasteiger charge is 2.11. The third kappa shape index (κ3) is 2.42. The molecular weight excluding hydrogens is 239 g/mol. The molecule has 0 amide bonds. The van der Waals surface area contributed by atoms with Crippen molar-refractivity contribution >= 4 is 5.97 Å². The lowest BCUT2D eigenvalue weighted by Crippen LogP contribution is -2.20. The molecule has 0 atom stereocenters. The first-order valence-corrected chi connectivity index (χ1v) is 5.10. The maximum absolute atomic E-state index is 13.1. The van der Waals surface area contributed by atoms with E-state index >= 15 is 0 Å². The van der Waals surface area contributed by atoms with Crippen molar-refractivity contribution < 1.29 is 14.3 Å². The van der Waals surface area contributed by atoms with Crippen molar-refractivity contribution in [2.24, 2.45) is 0 Å². The number of carboxylic acids is 1. The normalized spacial score (nSPS) is 10.3. The molecule has 0 bridgehead atoms. The fourth-order valence-electron chi connectivity index (χ4n) is 1.58. The Kier molecular flexibility index (Phi) is 3.18. The lowest BCUT2D eigenvalue weighted by Gasteiger charge is -2.08. The molecule has 18 heavy (non-hydrogen) atoms. The van der Waals surface area contributed by atoms with Gasteiger partial charge in [0.05, 0.1) is 18.4 Å². The summed E-state index contributed by atoms with van der Waals surface area (Å²) in [6, 6.07) is 4.59. The molecule has 0 saturated heterocycles. The number of carbonyl (C=O) groups is 1. The molecule has 1 heterocycles. The van der Waals surface area contributed by atoms with Gasteiger partial charge in [0.15, 0.2) is 0 Å². The van der Waals surface area contributed by atoms with Gasteiger partial charge in [-0.05, 0) is 23.8 Å².